The maximum atomic E-state index is 12.3. The van der Waals surface area contributed by atoms with E-state index in [9.17, 15) is 9.59 Å². The van der Waals surface area contributed by atoms with Crippen LogP contribution in [0.5, 0.6) is 0 Å². The topological polar surface area (TPSA) is 49.4 Å². The van der Waals surface area contributed by atoms with Gasteiger partial charge in [-0.3, -0.25) is 9.59 Å². The predicted molar refractivity (Wildman–Crippen MR) is 74.9 cm³/mol. The molecule has 19 heavy (non-hydrogen) atoms. The molecule has 1 aliphatic rings. The van der Waals surface area contributed by atoms with Crippen molar-refractivity contribution in [2.45, 2.75) is 6.92 Å². The predicted octanol–water partition coefficient (Wildman–Crippen LogP) is 1.33. The molecule has 0 aromatic heterocycles. The third-order valence-corrected chi connectivity index (χ3v) is 3.28. The van der Waals surface area contributed by atoms with E-state index in [1.807, 2.05) is 6.07 Å². The first-order chi connectivity index (χ1) is 9.09. The Hall–Kier alpha value is -1.94. The number of hydrogen-bond acceptors (Lipinski definition) is 3. The number of Topliss-reactive ketones (excluding diaryl/α,β-unsaturated/α-hetero) is 1. The lowest BCUT2D eigenvalue weighted by Gasteiger charge is -2.28. The van der Waals surface area contributed by atoms with Crippen LogP contribution in [-0.4, -0.2) is 42.8 Å². The standard InChI is InChI=1S/C15H18N2O2/c1-11(15(19)17-8-6-16-7-9-17)13-4-3-5-14(10-13)12(2)18/h3-5,10,16H,1,6-9H2,2H3. The maximum absolute atomic E-state index is 12.3. The van der Waals surface area contributed by atoms with Crippen LogP contribution in [0.25, 0.3) is 5.57 Å². The Balaban J connectivity index is 2.16. The van der Waals surface area contributed by atoms with Crippen molar-refractivity contribution >= 4 is 17.3 Å². The van der Waals surface area contributed by atoms with Crippen molar-refractivity contribution in [1.29, 1.82) is 0 Å². The molecule has 2 rings (SSSR count). The zero-order chi connectivity index (χ0) is 13.8. The van der Waals surface area contributed by atoms with Gasteiger partial charge in [-0.15, -0.1) is 0 Å². The van der Waals surface area contributed by atoms with Crippen molar-refractivity contribution in [2.24, 2.45) is 0 Å². The summed E-state index contributed by atoms with van der Waals surface area (Å²) in [7, 11) is 0. The van der Waals surface area contributed by atoms with E-state index in [0.717, 1.165) is 18.7 Å². The normalized spacial score (nSPS) is 15.1. The first-order valence-electron chi connectivity index (χ1n) is 6.40. The molecule has 1 fully saturated rings. The number of carbonyl (C=O) groups is 2. The lowest BCUT2D eigenvalue weighted by Crippen LogP contribution is -2.46. The van der Waals surface area contributed by atoms with Gasteiger partial charge in [0.1, 0.15) is 0 Å². The third kappa shape index (κ3) is 3.09. The zero-order valence-corrected chi connectivity index (χ0v) is 11.1. The molecule has 4 heteroatoms. The van der Waals surface area contributed by atoms with Gasteiger partial charge in [-0.1, -0.05) is 24.8 Å². The molecule has 1 aromatic carbocycles. The highest BCUT2D eigenvalue weighted by Gasteiger charge is 2.20. The summed E-state index contributed by atoms with van der Waals surface area (Å²) in [4.78, 5) is 25.4. The Morgan fingerprint density at radius 3 is 2.47 bits per heavy atom. The molecular weight excluding hydrogens is 240 g/mol. The Morgan fingerprint density at radius 2 is 1.84 bits per heavy atom. The smallest absolute Gasteiger partial charge is 0.253 e. The van der Waals surface area contributed by atoms with Crippen molar-refractivity contribution in [3.05, 3.63) is 42.0 Å². The number of carbonyl (C=O) groups excluding carboxylic acids is 2. The second-order valence-electron chi connectivity index (χ2n) is 4.66. The third-order valence-electron chi connectivity index (χ3n) is 3.28. The molecule has 1 aromatic rings. The van der Waals surface area contributed by atoms with Crippen LogP contribution in [0, 0.1) is 0 Å². The van der Waals surface area contributed by atoms with E-state index >= 15 is 0 Å². The van der Waals surface area contributed by atoms with E-state index in [1.165, 1.54) is 6.92 Å². The molecule has 4 nitrogen and oxygen atoms in total. The van der Waals surface area contributed by atoms with Crippen molar-refractivity contribution in [3.63, 3.8) is 0 Å². The molecule has 0 aliphatic carbocycles. The highest BCUT2D eigenvalue weighted by molar-refractivity contribution is 6.19. The molecule has 0 unspecified atom stereocenters. The minimum atomic E-state index is -0.0535. The van der Waals surface area contributed by atoms with E-state index in [2.05, 4.69) is 11.9 Å². The molecule has 0 saturated carbocycles. The fraction of sp³-hybridized carbons (Fsp3) is 0.333. The van der Waals surface area contributed by atoms with E-state index in [4.69, 9.17) is 0 Å². The van der Waals surface area contributed by atoms with Crippen LogP contribution < -0.4 is 5.32 Å². The van der Waals surface area contributed by atoms with Gasteiger partial charge in [0.15, 0.2) is 5.78 Å². The number of amides is 1. The average Bonchev–Trinajstić information content (AvgIpc) is 2.46. The van der Waals surface area contributed by atoms with Crippen LogP contribution in [0.4, 0.5) is 0 Å². The molecule has 100 valence electrons. The summed E-state index contributed by atoms with van der Waals surface area (Å²) < 4.78 is 0. The van der Waals surface area contributed by atoms with Crippen molar-refractivity contribution in [3.8, 4) is 0 Å². The SMILES string of the molecule is C=C(C(=O)N1CCNCC1)c1cccc(C(C)=O)c1. The number of ketones is 1. The molecule has 1 aliphatic heterocycles. The van der Waals surface area contributed by atoms with Crippen molar-refractivity contribution < 1.29 is 9.59 Å². The minimum absolute atomic E-state index is 0.00993. The summed E-state index contributed by atoms with van der Waals surface area (Å²) in [5, 5.41) is 3.20. The molecule has 0 bridgehead atoms. The largest absolute Gasteiger partial charge is 0.336 e. The minimum Gasteiger partial charge on any atom is -0.336 e. The molecule has 1 saturated heterocycles. The Morgan fingerprint density at radius 1 is 1.21 bits per heavy atom. The number of nitrogens with one attached hydrogen (secondary N) is 1. The van der Waals surface area contributed by atoms with Gasteiger partial charge in [0.2, 0.25) is 0 Å². The highest BCUT2D eigenvalue weighted by Crippen LogP contribution is 2.17. The van der Waals surface area contributed by atoms with Crippen LogP contribution in [-0.2, 0) is 4.79 Å². The molecule has 1 heterocycles. The summed E-state index contributed by atoms with van der Waals surface area (Å²) in [5.74, 6) is -0.0635. The Bertz CT molecular complexity index is 517. The van der Waals surface area contributed by atoms with Gasteiger partial charge in [-0.2, -0.15) is 0 Å². The van der Waals surface area contributed by atoms with Gasteiger partial charge in [-0.05, 0) is 18.6 Å². The Labute approximate surface area is 113 Å². The van der Waals surface area contributed by atoms with Gasteiger partial charge >= 0.3 is 0 Å². The number of rotatable bonds is 3. The van der Waals surface area contributed by atoms with Crippen molar-refractivity contribution in [2.75, 3.05) is 26.2 Å². The van der Waals surface area contributed by atoms with E-state index in [-0.39, 0.29) is 11.7 Å². The van der Waals surface area contributed by atoms with Crippen LogP contribution in [0.15, 0.2) is 30.8 Å². The highest BCUT2D eigenvalue weighted by atomic mass is 16.2. The van der Waals surface area contributed by atoms with E-state index < -0.39 is 0 Å². The fourth-order valence-electron chi connectivity index (χ4n) is 2.11. The van der Waals surface area contributed by atoms with Gasteiger partial charge in [0.25, 0.3) is 5.91 Å². The van der Waals surface area contributed by atoms with Gasteiger partial charge in [0, 0.05) is 37.3 Å². The number of piperazine rings is 1. The molecule has 0 radical (unpaired) electrons. The number of nitrogens with zero attached hydrogens (tertiary/aromatic N) is 1. The van der Waals surface area contributed by atoms with Crippen LogP contribution in [0.1, 0.15) is 22.8 Å². The quantitative estimate of drug-likeness (QED) is 0.657. The lowest BCUT2D eigenvalue weighted by atomic mass is 10.0. The summed E-state index contributed by atoms with van der Waals surface area (Å²) in [6.07, 6.45) is 0. The molecule has 0 spiro atoms. The van der Waals surface area contributed by atoms with Gasteiger partial charge in [-0.25, -0.2) is 0 Å². The fourth-order valence-corrected chi connectivity index (χ4v) is 2.11. The van der Waals surface area contributed by atoms with Gasteiger partial charge < -0.3 is 10.2 Å². The number of hydrogen-bond donors (Lipinski definition) is 1. The summed E-state index contributed by atoms with van der Waals surface area (Å²) in [6, 6.07) is 7.07. The van der Waals surface area contributed by atoms with Gasteiger partial charge in [0.05, 0.1) is 0 Å². The lowest BCUT2D eigenvalue weighted by molar-refractivity contribution is -0.125. The van der Waals surface area contributed by atoms with Crippen LogP contribution >= 0.6 is 0 Å². The molecule has 0 atom stereocenters. The zero-order valence-electron chi connectivity index (χ0n) is 11.1. The van der Waals surface area contributed by atoms with Crippen LogP contribution in [0.3, 0.4) is 0 Å². The summed E-state index contributed by atoms with van der Waals surface area (Å²) in [5.41, 5.74) is 1.77. The van der Waals surface area contributed by atoms with Crippen molar-refractivity contribution in [1.82, 2.24) is 10.2 Å². The van der Waals surface area contributed by atoms with Crippen LogP contribution in [0.2, 0.25) is 0 Å². The summed E-state index contributed by atoms with van der Waals surface area (Å²) in [6.45, 7) is 8.41. The second kappa shape index (κ2) is 5.80. The second-order valence-corrected chi connectivity index (χ2v) is 4.66. The monoisotopic (exact) mass is 258 g/mol. The molecule has 1 amide bonds. The first kappa shape index (κ1) is 13.5. The summed E-state index contributed by atoms with van der Waals surface area (Å²) >= 11 is 0. The number of benzene rings is 1. The first-order valence-corrected chi connectivity index (χ1v) is 6.40. The Kier molecular flexibility index (Phi) is 4.12. The average molecular weight is 258 g/mol. The van der Waals surface area contributed by atoms with E-state index in [1.54, 1.807) is 23.1 Å². The maximum Gasteiger partial charge on any atom is 0.253 e. The molecule has 1 N–H and O–H groups in total. The molecular formula is C15H18N2O2. The van der Waals surface area contributed by atoms with E-state index in [0.29, 0.717) is 24.2 Å².